The number of nitrogens with zero attached hydrogens (tertiary/aromatic N) is 1. The molecule has 17 heavy (non-hydrogen) atoms. The Kier molecular flexibility index (Phi) is 2.71. The molecule has 0 fully saturated rings. The van der Waals surface area contributed by atoms with Crippen LogP contribution in [0.2, 0.25) is 0 Å². The predicted molar refractivity (Wildman–Crippen MR) is 52.3 cm³/mol. The SMILES string of the molecule is O=Cc1cc(-c2ccccc2C(F)(F)F)on1. The monoisotopic (exact) mass is 241 g/mol. The zero-order valence-corrected chi connectivity index (χ0v) is 8.36. The number of alkyl halides is 3. The van der Waals surface area contributed by atoms with E-state index >= 15 is 0 Å². The van der Waals surface area contributed by atoms with Crippen molar-refractivity contribution >= 4 is 6.29 Å². The molecule has 2 rings (SSSR count). The number of halogens is 3. The summed E-state index contributed by atoms with van der Waals surface area (Å²) in [5.41, 5.74) is -1.01. The second-order valence-corrected chi connectivity index (χ2v) is 3.28. The number of hydrogen-bond acceptors (Lipinski definition) is 3. The number of hydrogen-bond donors (Lipinski definition) is 0. The molecule has 0 spiro atoms. The second-order valence-electron chi connectivity index (χ2n) is 3.28. The lowest BCUT2D eigenvalue weighted by Crippen LogP contribution is -2.06. The first-order chi connectivity index (χ1) is 8.02. The maximum Gasteiger partial charge on any atom is 0.417 e. The normalized spacial score (nSPS) is 11.5. The van der Waals surface area contributed by atoms with Gasteiger partial charge in [-0.05, 0) is 6.07 Å². The second kappa shape index (κ2) is 4.04. The third-order valence-corrected chi connectivity index (χ3v) is 2.15. The van der Waals surface area contributed by atoms with Gasteiger partial charge in [0.25, 0.3) is 0 Å². The number of aldehydes is 1. The van der Waals surface area contributed by atoms with E-state index in [4.69, 9.17) is 4.52 Å². The summed E-state index contributed by atoms with van der Waals surface area (Å²) >= 11 is 0. The Hall–Kier alpha value is -2.11. The van der Waals surface area contributed by atoms with Crippen LogP contribution in [0, 0.1) is 0 Å². The first kappa shape index (κ1) is 11.4. The van der Waals surface area contributed by atoms with Gasteiger partial charge in [0.05, 0.1) is 5.56 Å². The fraction of sp³-hybridized carbons (Fsp3) is 0.0909. The molecule has 0 aliphatic carbocycles. The minimum absolute atomic E-state index is 0.0445. The van der Waals surface area contributed by atoms with Crippen LogP contribution in [0.1, 0.15) is 16.1 Å². The highest BCUT2D eigenvalue weighted by molar-refractivity contribution is 5.75. The van der Waals surface area contributed by atoms with Crippen LogP contribution in [0.3, 0.4) is 0 Å². The number of carbonyl (C=O) groups excluding carboxylic acids is 1. The Labute approximate surface area is 93.8 Å². The summed E-state index contributed by atoms with van der Waals surface area (Å²) in [6.45, 7) is 0. The van der Waals surface area contributed by atoms with Crippen LogP contribution in [-0.2, 0) is 6.18 Å². The summed E-state index contributed by atoms with van der Waals surface area (Å²) in [6.07, 6.45) is -4.08. The largest absolute Gasteiger partial charge is 0.417 e. The van der Waals surface area contributed by atoms with Crippen LogP contribution in [0.5, 0.6) is 0 Å². The van der Waals surface area contributed by atoms with Crippen LogP contribution in [0.4, 0.5) is 13.2 Å². The summed E-state index contributed by atoms with van der Waals surface area (Å²) in [6, 6.07) is 6.10. The lowest BCUT2D eigenvalue weighted by Gasteiger charge is -2.09. The molecule has 0 aliphatic heterocycles. The standard InChI is InChI=1S/C11H6F3NO2/c12-11(13,14)9-4-2-1-3-8(9)10-5-7(6-16)15-17-10/h1-6H. The van der Waals surface area contributed by atoms with Gasteiger partial charge in [0, 0.05) is 11.6 Å². The smallest absolute Gasteiger partial charge is 0.356 e. The third-order valence-electron chi connectivity index (χ3n) is 2.15. The molecule has 3 nitrogen and oxygen atoms in total. The molecule has 0 N–H and O–H groups in total. The molecule has 0 saturated heterocycles. The molecule has 0 unspecified atom stereocenters. The average Bonchev–Trinajstić information content (AvgIpc) is 2.76. The van der Waals surface area contributed by atoms with Crippen molar-refractivity contribution in [2.75, 3.05) is 0 Å². The van der Waals surface area contributed by atoms with E-state index in [0.29, 0.717) is 6.29 Å². The van der Waals surface area contributed by atoms with Gasteiger partial charge in [-0.25, -0.2) is 0 Å². The molecular weight excluding hydrogens is 235 g/mol. The summed E-state index contributed by atoms with van der Waals surface area (Å²) in [5.74, 6) is -0.0833. The minimum atomic E-state index is -4.48. The van der Waals surface area contributed by atoms with Crippen LogP contribution in [0.15, 0.2) is 34.9 Å². The van der Waals surface area contributed by atoms with Gasteiger partial charge in [-0.2, -0.15) is 13.2 Å². The summed E-state index contributed by atoms with van der Waals surface area (Å²) in [7, 11) is 0. The molecule has 6 heteroatoms. The van der Waals surface area contributed by atoms with Crippen LogP contribution in [-0.4, -0.2) is 11.4 Å². The van der Waals surface area contributed by atoms with Crippen molar-refractivity contribution in [2.45, 2.75) is 6.18 Å². The van der Waals surface area contributed by atoms with E-state index in [1.165, 1.54) is 18.2 Å². The molecule has 1 aromatic carbocycles. The van der Waals surface area contributed by atoms with Crippen molar-refractivity contribution in [1.82, 2.24) is 5.16 Å². The molecule has 2 aromatic rings. The Morgan fingerprint density at radius 1 is 1.24 bits per heavy atom. The molecule has 88 valence electrons. The fourth-order valence-electron chi connectivity index (χ4n) is 1.42. The van der Waals surface area contributed by atoms with Crippen LogP contribution >= 0.6 is 0 Å². The van der Waals surface area contributed by atoms with Crippen LogP contribution < -0.4 is 0 Å². The summed E-state index contributed by atoms with van der Waals surface area (Å²) in [5, 5.41) is 3.32. The molecule has 1 aromatic heterocycles. The van der Waals surface area contributed by atoms with Crippen LogP contribution in [0.25, 0.3) is 11.3 Å². The van der Waals surface area contributed by atoms with Gasteiger partial charge < -0.3 is 4.52 Å². The zero-order valence-electron chi connectivity index (χ0n) is 8.36. The van der Waals surface area contributed by atoms with Gasteiger partial charge >= 0.3 is 6.18 Å². The fourth-order valence-corrected chi connectivity index (χ4v) is 1.42. The van der Waals surface area contributed by atoms with Gasteiger partial charge in [-0.3, -0.25) is 4.79 Å². The van der Waals surface area contributed by atoms with E-state index in [-0.39, 0.29) is 17.0 Å². The molecule has 1 heterocycles. The Balaban J connectivity index is 2.55. The third kappa shape index (κ3) is 2.20. The van der Waals surface area contributed by atoms with E-state index in [1.807, 2.05) is 0 Å². The van der Waals surface area contributed by atoms with E-state index in [2.05, 4.69) is 5.16 Å². The molecule has 0 saturated carbocycles. The first-order valence-corrected chi connectivity index (χ1v) is 4.61. The average molecular weight is 241 g/mol. The molecule has 0 aliphatic rings. The zero-order chi connectivity index (χ0) is 12.5. The highest BCUT2D eigenvalue weighted by atomic mass is 19.4. The van der Waals surface area contributed by atoms with Crippen molar-refractivity contribution in [3.05, 3.63) is 41.6 Å². The maximum atomic E-state index is 12.7. The Morgan fingerprint density at radius 3 is 2.53 bits per heavy atom. The van der Waals surface area contributed by atoms with Gasteiger partial charge in [-0.15, -0.1) is 0 Å². The highest BCUT2D eigenvalue weighted by Gasteiger charge is 2.34. The number of carbonyl (C=O) groups is 1. The van der Waals surface area contributed by atoms with E-state index in [1.54, 1.807) is 0 Å². The van der Waals surface area contributed by atoms with Crippen molar-refractivity contribution < 1.29 is 22.5 Å². The molecular formula is C11H6F3NO2. The number of rotatable bonds is 2. The van der Waals surface area contributed by atoms with Gasteiger partial charge in [-0.1, -0.05) is 23.4 Å². The number of aromatic nitrogens is 1. The first-order valence-electron chi connectivity index (χ1n) is 4.61. The maximum absolute atomic E-state index is 12.7. The van der Waals surface area contributed by atoms with Gasteiger partial charge in [0.2, 0.25) is 0 Å². The summed E-state index contributed by atoms with van der Waals surface area (Å²) in [4.78, 5) is 10.4. The van der Waals surface area contributed by atoms with E-state index < -0.39 is 11.7 Å². The van der Waals surface area contributed by atoms with Crippen molar-refractivity contribution in [2.24, 2.45) is 0 Å². The topological polar surface area (TPSA) is 43.1 Å². The lowest BCUT2D eigenvalue weighted by atomic mass is 10.0. The van der Waals surface area contributed by atoms with Crippen molar-refractivity contribution in [1.29, 1.82) is 0 Å². The lowest BCUT2D eigenvalue weighted by molar-refractivity contribution is -0.137. The molecule has 0 radical (unpaired) electrons. The van der Waals surface area contributed by atoms with E-state index in [9.17, 15) is 18.0 Å². The molecule has 0 bridgehead atoms. The van der Waals surface area contributed by atoms with E-state index in [0.717, 1.165) is 12.1 Å². The van der Waals surface area contributed by atoms with Gasteiger partial charge in [0.15, 0.2) is 12.0 Å². The minimum Gasteiger partial charge on any atom is -0.356 e. The number of benzene rings is 1. The molecule has 0 amide bonds. The molecule has 0 atom stereocenters. The Morgan fingerprint density at radius 2 is 1.94 bits per heavy atom. The quantitative estimate of drug-likeness (QED) is 0.758. The van der Waals surface area contributed by atoms with Crippen molar-refractivity contribution in [3.8, 4) is 11.3 Å². The van der Waals surface area contributed by atoms with Gasteiger partial charge in [0.1, 0.15) is 5.69 Å². The van der Waals surface area contributed by atoms with Crippen molar-refractivity contribution in [3.63, 3.8) is 0 Å². The summed E-state index contributed by atoms with van der Waals surface area (Å²) < 4.78 is 42.8. The highest BCUT2D eigenvalue weighted by Crippen LogP contribution is 2.36. The Bertz CT molecular complexity index is 546. The predicted octanol–water partition coefficient (Wildman–Crippen LogP) is 3.17.